The highest BCUT2D eigenvalue weighted by Crippen LogP contribution is 2.25. The number of para-hydroxylation sites is 1. The van der Waals surface area contributed by atoms with E-state index in [4.69, 9.17) is 16.3 Å². The summed E-state index contributed by atoms with van der Waals surface area (Å²) in [6.45, 7) is 0.313. The van der Waals surface area contributed by atoms with Gasteiger partial charge in [-0.1, -0.05) is 29.8 Å². The first kappa shape index (κ1) is 16.5. The summed E-state index contributed by atoms with van der Waals surface area (Å²) in [5.41, 5.74) is 1.28. The quantitative estimate of drug-likeness (QED) is 0.663. The van der Waals surface area contributed by atoms with Crippen molar-refractivity contribution < 1.29 is 13.9 Å². The Morgan fingerprint density at radius 1 is 1.17 bits per heavy atom. The lowest BCUT2D eigenvalue weighted by Crippen LogP contribution is -2.10. The van der Waals surface area contributed by atoms with Crippen molar-refractivity contribution in [3.8, 4) is 5.75 Å². The van der Waals surface area contributed by atoms with E-state index in [1.54, 1.807) is 30.3 Å². The maximum atomic E-state index is 13.1. The second-order valence-corrected chi connectivity index (χ2v) is 6.32. The molecule has 3 aromatic rings. The molecule has 0 bridgehead atoms. The van der Waals surface area contributed by atoms with Gasteiger partial charge in [0.2, 0.25) is 0 Å². The van der Waals surface area contributed by atoms with E-state index < -0.39 is 5.82 Å². The number of hydrogen-bond donors (Lipinski definition) is 1. The normalized spacial score (nSPS) is 10.4. The fourth-order valence-electron chi connectivity index (χ4n) is 2.05. The van der Waals surface area contributed by atoms with E-state index in [1.165, 1.54) is 23.5 Å². The molecule has 24 heavy (non-hydrogen) atoms. The molecule has 3 rings (SSSR count). The van der Waals surface area contributed by atoms with Crippen LogP contribution in [0.4, 0.5) is 10.1 Å². The molecule has 0 spiro atoms. The van der Waals surface area contributed by atoms with Gasteiger partial charge in [0.25, 0.3) is 5.91 Å². The highest BCUT2D eigenvalue weighted by molar-refractivity contribution is 7.12. The van der Waals surface area contributed by atoms with Crippen LogP contribution in [0.15, 0.2) is 60.0 Å². The van der Waals surface area contributed by atoms with E-state index in [-0.39, 0.29) is 5.91 Å². The standard InChI is InChI=1S/C18H13ClFNO2S/c19-15-6-1-2-7-16(15)23-10-12-8-17(24-11-12)18(22)21-14-5-3-4-13(20)9-14/h1-9,11H,10H2,(H,21,22). The predicted octanol–water partition coefficient (Wildman–Crippen LogP) is 5.37. The minimum absolute atomic E-state index is 0.283. The third-order valence-electron chi connectivity index (χ3n) is 3.19. The summed E-state index contributed by atoms with van der Waals surface area (Å²) in [5.74, 6) is -0.0847. The zero-order chi connectivity index (χ0) is 16.9. The topological polar surface area (TPSA) is 38.3 Å². The molecule has 1 amide bonds. The lowest BCUT2D eigenvalue weighted by molar-refractivity contribution is 0.103. The van der Waals surface area contributed by atoms with Crippen LogP contribution in [-0.2, 0) is 6.61 Å². The third kappa shape index (κ3) is 4.13. The van der Waals surface area contributed by atoms with E-state index >= 15 is 0 Å². The summed E-state index contributed by atoms with van der Waals surface area (Å²) in [7, 11) is 0. The van der Waals surface area contributed by atoms with Crippen molar-refractivity contribution in [2.75, 3.05) is 5.32 Å². The highest BCUT2D eigenvalue weighted by Gasteiger charge is 2.11. The molecule has 0 aliphatic rings. The molecule has 2 aromatic carbocycles. The molecule has 0 saturated heterocycles. The summed E-state index contributed by atoms with van der Waals surface area (Å²) in [4.78, 5) is 12.7. The van der Waals surface area contributed by atoms with E-state index in [0.29, 0.717) is 27.9 Å². The summed E-state index contributed by atoms with van der Waals surface area (Å²) in [6, 6.07) is 14.7. The second kappa shape index (κ2) is 7.47. The van der Waals surface area contributed by atoms with E-state index in [2.05, 4.69) is 5.32 Å². The largest absolute Gasteiger partial charge is 0.487 e. The number of amides is 1. The molecule has 0 aliphatic heterocycles. The van der Waals surface area contributed by atoms with Crippen molar-refractivity contribution in [3.05, 3.63) is 81.3 Å². The first-order chi connectivity index (χ1) is 11.6. The number of halogens is 2. The van der Waals surface area contributed by atoms with Crippen molar-refractivity contribution in [1.82, 2.24) is 0 Å². The van der Waals surface area contributed by atoms with Gasteiger partial charge in [-0.15, -0.1) is 11.3 Å². The molecule has 3 nitrogen and oxygen atoms in total. The number of thiophene rings is 1. The highest BCUT2D eigenvalue weighted by atomic mass is 35.5. The smallest absolute Gasteiger partial charge is 0.265 e. The number of carbonyl (C=O) groups excluding carboxylic acids is 1. The van der Waals surface area contributed by atoms with Gasteiger partial charge < -0.3 is 10.1 Å². The number of nitrogens with one attached hydrogen (secondary N) is 1. The minimum Gasteiger partial charge on any atom is -0.487 e. The van der Waals surface area contributed by atoms with Crippen molar-refractivity contribution in [3.63, 3.8) is 0 Å². The Labute approximate surface area is 147 Å². The van der Waals surface area contributed by atoms with Crippen molar-refractivity contribution in [2.24, 2.45) is 0 Å². The maximum absolute atomic E-state index is 13.1. The van der Waals surface area contributed by atoms with Crippen LogP contribution in [0.2, 0.25) is 5.02 Å². The molecule has 0 fully saturated rings. The number of carbonyl (C=O) groups is 1. The number of hydrogen-bond acceptors (Lipinski definition) is 3. The van der Waals surface area contributed by atoms with Gasteiger partial charge in [0.05, 0.1) is 9.90 Å². The maximum Gasteiger partial charge on any atom is 0.265 e. The summed E-state index contributed by atoms with van der Waals surface area (Å²) < 4.78 is 18.8. The first-order valence-corrected chi connectivity index (χ1v) is 8.39. The fourth-order valence-corrected chi connectivity index (χ4v) is 3.03. The second-order valence-electron chi connectivity index (χ2n) is 5.00. The van der Waals surface area contributed by atoms with Crippen LogP contribution in [0.1, 0.15) is 15.2 Å². The third-order valence-corrected chi connectivity index (χ3v) is 4.48. The average molecular weight is 362 g/mol. The SMILES string of the molecule is O=C(Nc1cccc(F)c1)c1cc(COc2ccccc2Cl)cs1. The van der Waals surface area contributed by atoms with E-state index in [9.17, 15) is 9.18 Å². The molecule has 6 heteroatoms. The Bertz CT molecular complexity index is 865. The van der Waals surface area contributed by atoms with Crippen LogP contribution in [-0.4, -0.2) is 5.91 Å². The molecule has 122 valence electrons. The van der Waals surface area contributed by atoms with Crippen molar-refractivity contribution >= 4 is 34.5 Å². The molecule has 0 unspecified atom stereocenters. The van der Waals surface area contributed by atoms with E-state index in [1.807, 2.05) is 17.5 Å². The summed E-state index contributed by atoms with van der Waals surface area (Å²) in [5, 5.41) is 5.05. The Balaban J connectivity index is 1.62. The van der Waals surface area contributed by atoms with Gasteiger partial charge in [-0.25, -0.2) is 4.39 Å². The Morgan fingerprint density at radius 2 is 2.00 bits per heavy atom. The Kier molecular flexibility index (Phi) is 5.13. The van der Waals surface area contributed by atoms with Gasteiger partial charge in [0.1, 0.15) is 18.2 Å². The lowest BCUT2D eigenvalue weighted by Gasteiger charge is -2.06. The van der Waals surface area contributed by atoms with Gasteiger partial charge in [-0.05, 0) is 41.8 Å². The van der Waals surface area contributed by atoms with Crippen molar-refractivity contribution in [2.45, 2.75) is 6.61 Å². The predicted molar refractivity (Wildman–Crippen MR) is 94.5 cm³/mol. The van der Waals surface area contributed by atoms with Crippen LogP contribution in [0.5, 0.6) is 5.75 Å². The first-order valence-electron chi connectivity index (χ1n) is 7.13. The van der Waals surface area contributed by atoms with Crippen LogP contribution < -0.4 is 10.1 Å². The summed E-state index contributed by atoms with van der Waals surface area (Å²) >= 11 is 7.33. The zero-order valence-electron chi connectivity index (χ0n) is 12.5. The number of rotatable bonds is 5. The number of benzene rings is 2. The number of anilines is 1. The zero-order valence-corrected chi connectivity index (χ0v) is 14.0. The molecule has 0 atom stereocenters. The molecule has 0 radical (unpaired) electrons. The lowest BCUT2D eigenvalue weighted by atomic mass is 10.3. The Morgan fingerprint density at radius 3 is 2.79 bits per heavy atom. The van der Waals surface area contributed by atoms with Gasteiger partial charge in [-0.3, -0.25) is 4.79 Å². The molecule has 1 aromatic heterocycles. The molecule has 0 aliphatic carbocycles. The van der Waals surface area contributed by atoms with Crippen molar-refractivity contribution in [1.29, 1.82) is 0 Å². The average Bonchev–Trinajstić information content (AvgIpc) is 3.03. The fraction of sp³-hybridized carbons (Fsp3) is 0.0556. The minimum atomic E-state index is -0.396. The summed E-state index contributed by atoms with van der Waals surface area (Å²) in [6.07, 6.45) is 0. The molecule has 0 saturated carbocycles. The Hall–Kier alpha value is -2.37. The molecular formula is C18H13ClFNO2S. The van der Waals surface area contributed by atoms with E-state index in [0.717, 1.165) is 5.56 Å². The molecule has 1 heterocycles. The van der Waals surface area contributed by atoms with Crippen LogP contribution >= 0.6 is 22.9 Å². The van der Waals surface area contributed by atoms with Gasteiger partial charge in [0.15, 0.2) is 0 Å². The van der Waals surface area contributed by atoms with Crippen LogP contribution in [0, 0.1) is 5.82 Å². The molecule has 1 N–H and O–H groups in total. The van der Waals surface area contributed by atoms with Gasteiger partial charge in [-0.2, -0.15) is 0 Å². The van der Waals surface area contributed by atoms with Crippen LogP contribution in [0.25, 0.3) is 0 Å². The molecular weight excluding hydrogens is 349 g/mol. The monoisotopic (exact) mass is 361 g/mol. The number of ether oxygens (including phenoxy) is 1. The van der Waals surface area contributed by atoms with Crippen LogP contribution in [0.3, 0.4) is 0 Å². The van der Waals surface area contributed by atoms with Gasteiger partial charge in [0, 0.05) is 11.3 Å². The van der Waals surface area contributed by atoms with Gasteiger partial charge >= 0.3 is 0 Å².